The third kappa shape index (κ3) is 1.56. The SMILES string of the molecule is NCC1C=CC=C2C=CC=CC=C21. The van der Waals surface area contributed by atoms with Gasteiger partial charge in [-0.2, -0.15) is 0 Å². The monoisotopic (exact) mass is 171 g/mol. The highest BCUT2D eigenvalue weighted by molar-refractivity contribution is 5.51. The molecule has 13 heavy (non-hydrogen) atoms. The highest BCUT2D eigenvalue weighted by Crippen LogP contribution is 2.27. The van der Waals surface area contributed by atoms with Crippen molar-refractivity contribution in [2.75, 3.05) is 6.54 Å². The fourth-order valence-corrected chi connectivity index (χ4v) is 1.67. The number of nitrogens with two attached hydrogens (primary N) is 1. The van der Waals surface area contributed by atoms with Crippen LogP contribution in [-0.4, -0.2) is 6.54 Å². The van der Waals surface area contributed by atoms with Gasteiger partial charge in [-0.05, 0) is 11.1 Å². The van der Waals surface area contributed by atoms with E-state index in [-0.39, 0.29) is 0 Å². The largest absolute Gasteiger partial charge is 0.330 e. The van der Waals surface area contributed by atoms with Gasteiger partial charge < -0.3 is 5.73 Å². The number of hydrogen-bond acceptors (Lipinski definition) is 1. The first kappa shape index (κ1) is 8.27. The summed E-state index contributed by atoms with van der Waals surface area (Å²) in [4.78, 5) is 0. The molecule has 2 N–H and O–H groups in total. The Morgan fingerprint density at radius 2 is 2.00 bits per heavy atom. The van der Waals surface area contributed by atoms with Gasteiger partial charge in [0.05, 0.1) is 0 Å². The summed E-state index contributed by atoms with van der Waals surface area (Å²) < 4.78 is 0. The molecule has 2 aliphatic rings. The average molecular weight is 171 g/mol. The van der Waals surface area contributed by atoms with E-state index in [0.29, 0.717) is 12.5 Å². The van der Waals surface area contributed by atoms with E-state index in [1.54, 1.807) is 0 Å². The fraction of sp³-hybridized carbons (Fsp3) is 0.167. The van der Waals surface area contributed by atoms with E-state index < -0.39 is 0 Å². The minimum Gasteiger partial charge on any atom is -0.330 e. The molecule has 1 atom stereocenters. The molecule has 2 aliphatic carbocycles. The molecule has 1 heteroatoms. The van der Waals surface area contributed by atoms with Crippen LogP contribution in [0.2, 0.25) is 0 Å². The summed E-state index contributed by atoms with van der Waals surface area (Å²) in [7, 11) is 0. The average Bonchev–Trinajstić information content (AvgIpc) is 2.41. The molecule has 0 spiro atoms. The second kappa shape index (κ2) is 3.58. The standard InChI is InChI=1S/C12H13N/c13-9-11-7-4-6-10-5-2-1-3-8-12(10)11/h1-8,11H,9,13H2. The lowest BCUT2D eigenvalue weighted by Gasteiger charge is -2.18. The van der Waals surface area contributed by atoms with E-state index in [4.69, 9.17) is 5.73 Å². The van der Waals surface area contributed by atoms with Crippen molar-refractivity contribution in [3.8, 4) is 0 Å². The molecule has 0 aromatic rings. The molecule has 0 fully saturated rings. The summed E-state index contributed by atoms with van der Waals surface area (Å²) in [6.07, 6.45) is 16.8. The molecule has 0 radical (unpaired) electrons. The van der Waals surface area contributed by atoms with E-state index in [2.05, 4.69) is 42.5 Å². The summed E-state index contributed by atoms with van der Waals surface area (Å²) in [6, 6.07) is 0. The Morgan fingerprint density at radius 3 is 2.85 bits per heavy atom. The van der Waals surface area contributed by atoms with Gasteiger partial charge in [-0.1, -0.05) is 48.6 Å². The van der Waals surface area contributed by atoms with Crippen LogP contribution < -0.4 is 5.73 Å². The van der Waals surface area contributed by atoms with Crippen molar-refractivity contribution >= 4 is 0 Å². The van der Waals surface area contributed by atoms with Gasteiger partial charge in [0.2, 0.25) is 0 Å². The molecular weight excluding hydrogens is 158 g/mol. The highest BCUT2D eigenvalue weighted by atomic mass is 14.5. The minimum atomic E-state index is 0.382. The second-order valence-electron chi connectivity index (χ2n) is 3.22. The lowest BCUT2D eigenvalue weighted by Crippen LogP contribution is -2.16. The van der Waals surface area contributed by atoms with E-state index in [0.717, 1.165) is 0 Å². The van der Waals surface area contributed by atoms with Gasteiger partial charge in [-0.15, -0.1) is 0 Å². The molecule has 0 bridgehead atoms. The molecule has 0 aliphatic heterocycles. The van der Waals surface area contributed by atoms with Crippen LogP contribution in [0.1, 0.15) is 0 Å². The molecule has 1 nitrogen and oxygen atoms in total. The van der Waals surface area contributed by atoms with Gasteiger partial charge in [0.15, 0.2) is 0 Å². The van der Waals surface area contributed by atoms with Crippen molar-refractivity contribution in [1.82, 2.24) is 0 Å². The molecule has 0 amide bonds. The molecule has 0 heterocycles. The fourth-order valence-electron chi connectivity index (χ4n) is 1.67. The molecule has 0 saturated heterocycles. The number of hydrogen-bond donors (Lipinski definition) is 1. The van der Waals surface area contributed by atoms with E-state index in [1.807, 2.05) is 6.08 Å². The summed E-state index contributed by atoms with van der Waals surface area (Å²) in [5.41, 5.74) is 8.30. The first-order valence-electron chi connectivity index (χ1n) is 4.55. The van der Waals surface area contributed by atoms with Gasteiger partial charge in [0.25, 0.3) is 0 Å². The maximum absolute atomic E-state index is 5.69. The van der Waals surface area contributed by atoms with Crippen LogP contribution in [0.15, 0.2) is 59.8 Å². The quantitative estimate of drug-likeness (QED) is 0.642. The second-order valence-corrected chi connectivity index (χ2v) is 3.22. The Hall–Kier alpha value is -1.34. The molecule has 0 aromatic carbocycles. The Balaban J connectivity index is 2.40. The van der Waals surface area contributed by atoms with Crippen LogP contribution >= 0.6 is 0 Å². The van der Waals surface area contributed by atoms with Gasteiger partial charge in [0, 0.05) is 12.5 Å². The molecular formula is C12H13N. The van der Waals surface area contributed by atoms with Crippen LogP contribution in [0.3, 0.4) is 0 Å². The molecule has 0 saturated carbocycles. The Bertz CT molecular complexity index is 340. The summed E-state index contributed by atoms with van der Waals surface area (Å²) in [5.74, 6) is 0.382. The van der Waals surface area contributed by atoms with E-state index in [9.17, 15) is 0 Å². The van der Waals surface area contributed by atoms with Gasteiger partial charge in [0.1, 0.15) is 0 Å². The van der Waals surface area contributed by atoms with Gasteiger partial charge in [-0.25, -0.2) is 0 Å². The molecule has 2 rings (SSSR count). The van der Waals surface area contributed by atoms with Crippen LogP contribution in [0.4, 0.5) is 0 Å². The minimum absolute atomic E-state index is 0.382. The van der Waals surface area contributed by atoms with Gasteiger partial charge in [-0.3, -0.25) is 0 Å². The molecule has 1 unspecified atom stereocenters. The zero-order valence-electron chi connectivity index (χ0n) is 7.48. The maximum Gasteiger partial charge on any atom is 0.0150 e. The normalized spacial score (nSPS) is 24.8. The lowest BCUT2D eigenvalue weighted by molar-refractivity contribution is 0.774. The summed E-state index contributed by atoms with van der Waals surface area (Å²) in [5, 5.41) is 0. The highest BCUT2D eigenvalue weighted by Gasteiger charge is 2.14. The van der Waals surface area contributed by atoms with Gasteiger partial charge >= 0.3 is 0 Å². The first-order chi connectivity index (χ1) is 6.42. The predicted octanol–water partition coefficient (Wildman–Crippen LogP) is 2.11. The number of fused-ring (bicyclic) bond motifs is 1. The topological polar surface area (TPSA) is 26.0 Å². The van der Waals surface area contributed by atoms with E-state index >= 15 is 0 Å². The van der Waals surface area contributed by atoms with Crippen molar-refractivity contribution in [2.45, 2.75) is 0 Å². The van der Waals surface area contributed by atoms with Crippen molar-refractivity contribution < 1.29 is 0 Å². The zero-order chi connectivity index (χ0) is 9.10. The van der Waals surface area contributed by atoms with Crippen molar-refractivity contribution in [1.29, 1.82) is 0 Å². The van der Waals surface area contributed by atoms with Crippen molar-refractivity contribution in [2.24, 2.45) is 11.7 Å². The third-order valence-corrected chi connectivity index (χ3v) is 2.38. The predicted molar refractivity (Wildman–Crippen MR) is 56.1 cm³/mol. The molecule has 0 aromatic heterocycles. The third-order valence-electron chi connectivity index (χ3n) is 2.38. The van der Waals surface area contributed by atoms with E-state index in [1.165, 1.54) is 11.1 Å². The maximum atomic E-state index is 5.69. The first-order valence-corrected chi connectivity index (χ1v) is 4.55. The van der Waals surface area contributed by atoms with Crippen molar-refractivity contribution in [3.63, 3.8) is 0 Å². The zero-order valence-corrected chi connectivity index (χ0v) is 7.48. The lowest BCUT2D eigenvalue weighted by atomic mass is 9.88. The Morgan fingerprint density at radius 1 is 1.08 bits per heavy atom. The van der Waals surface area contributed by atoms with Crippen molar-refractivity contribution in [3.05, 3.63) is 59.8 Å². The summed E-state index contributed by atoms with van der Waals surface area (Å²) >= 11 is 0. The van der Waals surface area contributed by atoms with Crippen LogP contribution in [0.5, 0.6) is 0 Å². The Labute approximate surface area is 78.6 Å². The smallest absolute Gasteiger partial charge is 0.0150 e. The van der Waals surface area contributed by atoms with Crippen LogP contribution in [0.25, 0.3) is 0 Å². The summed E-state index contributed by atoms with van der Waals surface area (Å²) in [6.45, 7) is 0.682. The molecule has 66 valence electrons. The Kier molecular flexibility index (Phi) is 2.28. The number of allylic oxidation sites excluding steroid dienone is 8. The number of rotatable bonds is 1. The van der Waals surface area contributed by atoms with Crippen LogP contribution in [-0.2, 0) is 0 Å². The van der Waals surface area contributed by atoms with Crippen LogP contribution in [0, 0.1) is 5.92 Å².